The van der Waals surface area contributed by atoms with Gasteiger partial charge in [0.05, 0.1) is 0 Å². The van der Waals surface area contributed by atoms with E-state index in [2.05, 4.69) is 18.9 Å². The molecule has 2 fully saturated rings. The highest BCUT2D eigenvalue weighted by Crippen LogP contribution is 2.41. The van der Waals surface area contributed by atoms with E-state index in [1.807, 2.05) is 11.9 Å². The molecule has 3 heteroatoms. The summed E-state index contributed by atoms with van der Waals surface area (Å²) in [5.74, 6) is 0.643. The minimum atomic E-state index is 0.233. The van der Waals surface area contributed by atoms with Crippen molar-refractivity contribution in [2.24, 2.45) is 11.3 Å². The second-order valence-electron chi connectivity index (χ2n) is 5.24. The molecule has 0 bridgehead atoms. The molecule has 0 aromatic carbocycles. The molecular weight excluding hydrogens is 176 g/mol. The second kappa shape index (κ2) is 3.23. The van der Waals surface area contributed by atoms with Crippen molar-refractivity contribution in [1.82, 2.24) is 9.80 Å². The smallest absolute Gasteiger partial charge is 0.226 e. The SMILES string of the molecule is CN1CCC2C(=O)N(C)CCC2(C)C1. The molecule has 0 spiro atoms. The molecule has 0 aliphatic carbocycles. The zero-order chi connectivity index (χ0) is 10.3. The number of hydrogen-bond acceptors (Lipinski definition) is 2. The van der Waals surface area contributed by atoms with E-state index < -0.39 is 0 Å². The fourth-order valence-corrected chi connectivity index (χ4v) is 2.98. The van der Waals surface area contributed by atoms with Gasteiger partial charge in [-0.25, -0.2) is 0 Å². The van der Waals surface area contributed by atoms with E-state index in [4.69, 9.17) is 0 Å². The van der Waals surface area contributed by atoms with Crippen LogP contribution in [0.15, 0.2) is 0 Å². The topological polar surface area (TPSA) is 23.6 Å². The molecule has 0 aromatic rings. The van der Waals surface area contributed by atoms with E-state index in [1.165, 1.54) is 0 Å². The largest absolute Gasteiger partial charge is 0.345 e. The van der Waals surface area contributed by atoms with Gasteiger partial charge in [0, 0.05) is 26.1 Å². The van der Waals surface area contributed by atoms with Gasteiger partial charge >= 0.3 is 0 Å². The molecule has 0 aromatic heterocycles. The molecule has 2 aliphatic rings. The Bertz CT molecular complexity index is 254. The first-order valence-electron chi connectivity index (χ1n) is 5.46. The lowest BCUT2D eigenvalue weighted by molar-refractivity contribution is -0.148. The fourth-order valence-electron chi connectivity index (χ4n) is 2.98. The minimum Gasteiger partial charge on any atom is -0.345 e. The number of rotatable bonds is 0. The van der Waals surface area contributed by atoms with E-state index in [0.717, 1.165) is 32.5 Å². The number of fused-ring (bicyclic) bond motifs is 1. The maximum absolute atomic E-state index is 12.0. The average Bonchev–Trinajstić information content (AvgIpc) is 2.12. The maximum atomic E-state index is 12.0. The molecule has 2 unspecified atom stereocenters. The van der Waals surface area contributed by atoms with Crippen LogP contribution in [0.2, 0.25) is 0 Å². The number of likely N-dealkylation sites (tertiary alicyclic amines) is 2. The molecule has 2 heterocycles. The Morgan fingerprint density at radius 2 is 2.07 bits per heavy atom. The number of nitrogens with zero attached hydrogens (tertiary/aromatic N) is 2. The molecule has 0 radical (unpaired) electrons. The molecule has 2 saturated heterocycles. The molecular formula is C11H20N2O. The lowest BCUT2D eigenvalue weighted by Crippen LogP contribution is -2.56. The van der Waals surface area contributed by atoms with E-state index in [0.29, 0.717) is 5.91 Å². The van der Waals surface area contributed by atoms with Crippen LogP contribution in [-0.4, -0.2) is 49.4 Å². The summed E-state index contributed by atoms with van der Waals surface area (Å²) in [7, 11) is 4.09. The molecule has 0 N–H and O–H groups in total. The molecule has 3 nitrogen and oxygen atoms in total. The molecule has 80 valence electrons. The maximum Gasteiger partial charge on any atom is 0.226 e. The Balaban J connectivity index is 2.19. The average molecular weight is 196 g/mol. The highest BCUT2D eigenvalue weighted by molar-refractivity contribution is 5.80. The van der Waals surface area contributed by atoms with Crippen LogP contribution in [0.1, 0.15) is 19.8 Å². The Labute approximate surface area is 86.1 Å². The zero-order valence-electron chi connectivity index (χ0n) is 9.42. The first kappa shape index (κ1) is 9.97. The van der Waals surface area contributed by atoms with Gasteiger partial charge in [-0.1, -0.05) is 6.92 Å². The van der Waals surface area contributed by atoms with Crippen molar-refractivity contribution in [3.8, 4) is 0 Å². The van der Waals surface area contributed by atoms with Gasteiger partial charge in [0.1, 0.15) is 0 Å². The van der Waals surface area contributed by atoms with E-state index in [-0.39, 0.29) is 11.3 Å². The normalized spacial score (nSPS) is 39.8. The fraction of sp³-hybridized carbons (Fsp3) is 0.909. The van der Waals surface area contributed by atoms with Crippen molar-refractivity contribution in [2.75, 3.05) is 33.7 Å². The van der Waals surface area contributed by atoms with Gasteiger partial charge in [0.2, 0.25) is 5.91 Å². The molecule has 2 rings (SSSR count). The predicted molar refractivity (Wildman–Crippen MR) is 56.0 cm³/mol. The quantitative estimate of drug-likeness (QED) is 0.572. The molecule has 14 heavy (non-hydrogen) atoms. The van der Waals surface area contributed by atoms with E-state index in [1.54, 1.807) is 0 Å². The Hall–Kier alpha value is -0.570. The molecule has 0 saturated carbocycles. The summed E-state index contributed by atoms with van der Waals surface area (Å²) >= 11 is 0. The molecule has 2 aliphatic heterocycles. The van der Waals surface area contributed by atoms with Crippen molar-refractivity contribution >= 4 is 5.91 Å². The highest BCUT2D eigenvalue weighted by Gasteiger charge is 2.46. The Morgan fingerprint density at radius 3 is 2.79 bits per heavy atom. The number of carbonyl (C=O) groups is 1. The van der Waals surface area contributed by atoms with Crippen molar-refractivity contribution in [2.45, 2.75) is 19.8 Å². The van der Waals surface area contributed by atoms with Gasteiger partial charge in [-0.05, 0) is 31.8 Å². The molecule has 1 amide bonds. The Kier molecular flexibility index (Phi) is 2.30. The van der Waals surface area contributed by atoms with Gasteiger partial charge in [-0.2, -0.15) is 0 Å². The van der Waals surface area contributed by atoms with Crippen LogP contribution in [0, 0.1) is 11.3 Å². The van der Waals surface area contributed by atoms with Crippen LogP contribution in [0.3, 0.4) is 0 Å². The van der Waals surface area contributed by atoms with Crippen LogP contribution in [-0.2, 0) is 4.79 Å². The number of piperidine rings is 2. The monoisotopic (exact) mass is 196 g/mol. The third-order valence-corrected chi connectivity index (χ3v) is 3.96. The van der Waals surface area contributed by atoms with Gasteiger partial charge in [-0.15, -0.1) is 0 Å². The minimum absolute atomic E-state index is 0.233. The van der Waals surface area contributed by atoms with Gasteiger partial charge in [0.25, 0.3) is 0 Å². The van der Waals surface area contributed by atoms with Crippen molar-refractivity contribution in [3.05, 3.63) is 0 Å². The number of carbonyl (C=O) groups excluding carboxylic acids is 1. The third kappa shape index (κ3) is 1.44. The van der Waals surface area contributed by atoms with Gasteiger partial charge in [-0.3, -0.25) is 4.79 Å². The van der Waals surface area contributed by atoms with Gasteiger partial charge in [0.15, 0.2) is 0 Å². The van der Waals surface area contributed by atoms with Crippen LogP contribution >= 0.6 is 0 Å². The van der Waals surface area contributed by atoms with Crippen LogP contribution < -0.4 is 0 Å². The highest BCUT2D eigenvalue weighted by atomic mass is 16.2. The number of hydrogen-bond donors (Lipinski definition) is 0. The van der Waals surface area contributed by atoms with E-state index in [9.17, 15) is 4.79 Å². The van der Waals surface area contributed by atoms with Gasteiger partial charge < -0.3 is 9.80 Å². The predicted octanol–water partition coefficient (Wildman–Crippen LogP) is 0.806. The van der Waals surface area contributed by atoms with Crippen LogP contribution in [0.4, 0.5) is 0 Å². The van der Waals surface area contributed by atoms with Crippen molar-refractivity contribution in [3.63, 3.8) is 0 Å². The number of amides is 1. The summed E-state index contributed by atoms with van der Waals surface area (Å²) in [4.78, 5) is 16.2. The van der Waals surface area contributed by atoms with Crippen LogP contribution in [0.5, 0.6) is 0 Å². The summed E-state index contributed by atoms with van der Waals surface area (Å²) < 4.78 is 0. The van der Waals surface area contributed by atoms with Crippen molar-refractivity contribution in [1.29, 1.82) is 0 Å². The Morgan fingerprint density at radius 1 is 1.36 bits per heavy atom. The summed E-state index contributed by atoms with van der Waals surface area (Å²) in [6, 6.07) is 0. The van der Waals surface area contributed by atoms with Crippen molar-refractivity contribution < 1.29 is 4.79 Å². The first-order chi connectivity index (χ1) is 6.53. The second-order valence-corrected chi connectivity index (χ2v) is 5.24. The van der Waals surface area contributed by atoms with E-state index >= 15 is 0 Å². The third-order valence-electron chi connectivity index (χ3n) is 3.96. The standard InChI is InChI=1S/C11H20N2O/c1-11-5-7-13(3)10(14)9(11)4-6-12(2)8-11/h9H,4-8H2,1-3H3. The summed E-state index contributed by atoms with van der Waals surface area (Å²) in [6.45, 7) is 5.36. The summed E-state index contributed by atoms with van der Waals surface area (Å²) in [6.07, 6.45) is 2.19. The lowest BCUT2D eigenvalue weighted by Gasteiger charge is -2.49. The zero-order valence-corrected chi connectivity index (χ0v) is 9.42. The first-order valence-corrected chi connectivity index (χ1v) is 5.46. The summed E-state index contributed by atoms with van der Waals surface area (Å²) in [5.41, 5.74) is 0.233. The summed E-state index contributed by atoms with van der Waals surface area (Å²) in [5, 5.41) is 0. The molecule has 2 atom stereocenters. The van der Waals surface area contributed by atoms with Crippen LogP contribution in [0.25, 0.3) is 0 Å². The lowest BCUT2D eigenvalue weighted by atomic mass is 9.67.